The normalized spacial score (nSPS) is 11.9. The van der Waals surface area contributed by atoms with Crippen LogP contribution in [-0.2, 0) is 9.59 Å². The quantitative estimate of drug-likeness (QED) is 0.210. The molecule has 0 saturated heterocycles. The van der Waals surface area contributed by atoms with E-state index in [1.165, 1.54) is 25.3 Å². The SMILES string of the molecule is CN(C)CCCNC(=O)/C(=C/C=C\C=O)N(C)O. The van der Waals surface area contributed by atoms with Crippen LogP contribution in [-0.4, -0.2) is 61.6 Å². The number of nitrogens with one attached hydrogen (secondary N) is 1. The highest BCUT2D eigenvalue weighted by molar-refractivity contribution is 5.92. The smallest absolute Gasteiger partial charge is 0.269 e. The molecular formula is C12H21N3O3. The van der Waals surface area contributed by atoms with E-state index < -0.39 is 0 Å². The third-order valence-electron chi connectivity index (χ3n) is 2.09. The maximum atomic E-state index is 11.7. The maximum Gasteiger partial charge on any atom is 0.269 e. The fourth-order valence-electron chi connectivity index (χ4n) is 1.21. The third kappa shape index (κ3) is 7.59. The molecule has 0 radical (unpaired) electrons. The molecule has 0 atom stereocenters. The van der Waals surface area contributed by atoms with E-state index in [4.69, 9.17) is 0 Å². The lowest BCUT2D eigenvalue weighted by Crippen LogP contribution is -2.33. The molecule has 0 heterocycles. The molecule has 0 aliphatic rings. The summed E-state index contributed by atoms with van der Waals surface area (Å²) in [6.07, 6.45) is 5.43. The first kappa shape index (κ1) is 16.3. The van der Waals surface area contributed by atoms with Crippen LogP contribution in [0.1, 0.15) is 6.42 Å². The lowest BCUT2D eigenvalue weighted by Gasteiger charge is -2.15. The zero-order valence-corrected chi connectivity index (χ0v) is 11.1. The predicted octanol–water partition coefficient (Wildman–Crippen LogP) is 0.0143. The molecule has 6 nitrogen and oxygen atoms in total. The van der Waals surface area contributed by atoms with Crippen molar-refractivity contribution >= 4 is 12.2 Å². The Bertz CT molecular complexity index is 323. The molecule has 102 valence electrons. The summed E-state index contributed by atoms with van der Waals surface area (Å²) in [7, 11) is 5.26. The number of rotatable bonds is 8. The van der Waals surface area contributed by atoms with Gasteiger partial charge in [0.05, 0.1) is 0 Å². The second-order valence-electron chi connectivity index (χ2n) is 4.01. The molecule has 0 saturated carbocycles. The van der Waals surface area contributed by atoms with E-state index in [0.717, 1.165) is 18.0 Å². The number of carbonyl (C=O) groups excluding carboxylic acids is 2. The highest BCUT2D eigenvalue weighted by atomic mass is 16.5. The average molecular weight is 255 g/mol. The average Bonchev–Trinajstić information content (AvgIpc) is 2.29. The van der Waals surface area contributed by atoms with Crippen LogP contribution < -0.4 is 5.32 Å². The van der Waals surface area contributed by atoms with Crippen molar-refractivity contribution in [2.24, 2.45) is 0 Å². The Morgan fingerprint density at radius 3 is 2.44 bits per heavy atom. The van der Waals surface area contributed by atoms with Gasteiger partial charge in [-0.25, -0.2) is 0 Å². The van der Waals surface area contributed by atoms with Gasteiger partial charge < -0.3 is 10.2 Å². The predicted molar refractivity (Wildman–Crippen MR) is 69.0 cm³/mol. The first-order chi connectivity index (χ1) is 8.49. The summed E-state index contributed by atoms with van der Waals surface area (Å²) in [5.74, 6) is -0.380. The van der Waals surface area contributed by atoms with Gasteiger partial charge in [0.2, 0.25) is 0 Å². The number of carbonyl (C=O) groups is 2. The molecule has 18 heavy (non-hydrogen) atoms. The Balaban J connectivity index is 4.28. The summed E-state index contributed by atoms with van der Waals surface area (Å²) in [5.41, 5.74) is 0.0814. The second-order valence-corrected chi connectivity index (χ2v) is 4.01. The number of amides is 1. The van der Waals surface area contributed by atoms with Crippen molar-refractivity contribution in [1.29, 1.82) is 0 Å². The van der Waals surface area contributed by atoms with E-state index in [-0.39, 0.29) is 11.6 Å². The van der Waals surface area contributed by atoms with Crippen LogP contribution in [0.4, 0.5) is 0 Å². The van der Waals surface area contributed by atoms with E-state index in [1.54, 1.807) is 0 Å². The topological polar surface area (TPSA) is 72.9 Å². The second kappa shape index (κ2) is 9.38. The first-order valence-electron chi connectivity index (χ1n) is 5.66. The van der Waals surface area contributed by atoms with Crippen LogP contribution in [0.3, 0.4) is 0 Å². The Kier molecular flexibility index (Phi) is 8.51. The molecule has 0 aliphatic heterocycles. The lowest BCUT2D eigenvalue weighted by atomic mass is 10.3. The first-order valence-corrected chi connectivity index (χ1v) is 5.66. The standard InChI is InChI=1S/C12H21N3O3/c1-14(2)9-6-8-13-12(17)11(15(3)18)7-4-5-10-16/h4-5,7,10,18H,6,8-9H2,1-3H3,(H,13,17)/b5-4-,11-7-. The minimum absolute atomic E-state index is 0.0814. The molecule has 0 fully saturated rings. The summed E-state index contributed by atoms with van der Waals surface area (Å²) in [6, 6.07) is 0. The molecule has 0 aliphatic carbocycles. The van der Waals surface area contributed by atoms with Crippen molar-refractivity contribution in [2.45, 2.75) is 6.42 Å². The van der Waals surface area contributed by atoms with Crippen molar-refractivity contribution in [3.05, 3.63) is 23.9 Å². The lowest BCUT2D eigenvalue weighted by molar-refractivity contribution is -0.124. The van der Waals surface area contributed by atoms with Crippen molar-refractivity contribution in [3.8, 4) is 0 Å². The number of hydrogen-bond donors (Lipinski definition) is 2. The minimum atomic E-state index is -0.380. The molecule has 2 N–H and O–H groups in total. The molecule has 0 aromatic heterocycles. The van der Waals surface area contributed by atoms with Crippen LogP contribution >= 0.6 is 0 Å². The van der Waals surface area contributed by atoms with Crippen molar-refractivity contribution in [1.82, 2.24) is 15.3 Å². The van der Waals surface area contributed by atoms with Gasteiger partial charge in [0.15, 0.2) is 0 Å². The highest BCUT2D eigenvalue weighted by Gasteiger charge is 2.11. The number of hydrogen-bond acceptors (Lipinski definition) is 5. The van der Waals surface area contributed by atoms with Gasteiger partial charge in [0, 0.05) is 13.6 Å². The number of aldehydes is 1. The fourth-order valence-corrected chi connectivity index (χ4v) is 1.21. The molecule has 0 rings (SSSR count). The van der Waals surface area contributed by atoms with Crippen LogP contribution in [0.25, 0.3) is 0 Å². The minimum Gasteiger partial charge on any atom is -0.351 e. The maximum absolute atomic E-state index is 11.7. The molecule has 1 amide bonds. The summed E-state index contributed by atoms with van der Waals surface area (Å²) in [4.78, 5) is 23.8. The summed E-state index contributed by atoms with van der Waals surface area (Å²) in [6.45, 7) is 1.40. The van der Waals surface area contributed by atoms with Gasteiger partial charge >= 0.3 is 0 Å². The molecular weight excluding hydrogens is 234 g/mol. The number of allylic oxidation sites excluding steroid dienone is 3. The van der Waals surface area contributed by atoms with E-state index in [0.29, 0.717) is 12.8 Å². The van der Waals surface area contributed by atoms with E-state index in [9.17, 15) is 14.8 Å². The third-order valence-corrected chi connectivity index (χ3v) is 2.09. The molecule has 6 heteroatoms. The van der Waals surface area contributed by atoms with Crippen molar-refractivity contribution < 1.29 is 14.8 Å². The Hall–Kier alpha value is -1.66. The molecule has 0 spiro atoms. The zero-order valence-electron chi connectivity index (χ0n) is 11.1. The summed E-state index contributed by atoms with van der Waals surface area (Å²) in [5, 5.41) is 12.7. The number of nitrogens with zero attached hydrogens (tertiary/aromatic N) is 2. The van der Waals surface area contributed by atoms with Gasteiger partial charge in [-0.15, -0.1) is 0 Å². The van der Waals surface area contributed by atoms with E-state index >= 15 is 0 Å². The largest absolute Gasteiger partial charge is 0.351 e. The van der Waals surface area contributed by atoms with Gasteiger partial charge in [-0.2, -0.15) is 0 Å². The van der Waals surface area contributed by atoms with E-state index in [1.807, 2.05) is 19.0 Å². The molecule has 0 aromatic carbocycles. The number of hydroxylamine groups is 2. The van der Waals surface area contributed by atoms with E-state index in [2.05, 4.69) is 5.32 Å². The Morgan fingerprint density at radius 1 is 1.28 bits per heavy atom. The van der Waals surface area contributed by atoms with Crippen LogP contribution in [0.5, 0.6) is 0 Å². The highest BCUT2D eigenvalue weighted by Crippen LogP contribution is 1.99. The summed E-state index contributed by atoms with van der Waals surface area (Å²) < 4.78 is 0. The molecule has 0 unspecified atom stereocenters. The van der Waals surface area contributed by atoms with Crippen LogP contribution in [0, 0.1) is 0 Å². The van der Waals surface area contributed by atoms with Crippen LogP contribution in [0.15, 0.2) is 23.9 Å². The molecule has 0 bridgehead atoms. The van der Waals surface area contributed by atoms with Crippen LogP contribution in [0.2, 0.25) is 0 Å². The fraction of sp³-hybridized carbons (Fsp3) is 0.500. The van der Waals surface area contributed by atoms with Gasteiger partial charge in [-0.05, 0) is 39.2 Å². The Morgan fingerprint density at radius 2 is 1.94 bits per heavy atom. The molecule has 0 aromatic rings. The Labute approximate surface area is 108 Å². The summed E-state index contributed by atoms with van der Waals surface area (Å²) >= 11 is 0. The van der Waals surface area contributed by atoms with Gasteiger partial charge in [-0.1, -0.05) is 6.08 Å². The number of likely N-dealkylation sites (N-methyl/N-ethyl adjacent to an activating group) is 1. The van der Waals surface area contributed by atoms with Gasteiger partial charge in [0.1, 0.15) is 12.0 Å². The zero-order chi connectivity index (χ0) is 14.0. The van der Waals surface area contributed by atoms with Gasteiger partial charge in [0.25, 0.3) is 5.91 Å². The van der Waals surface area contributed by atoms with Crippen molar-refractivity contribution in [3.63, 3.8) is 0 Å². The van der Waals surface area contributed by atoms with Crippen molar-refractivity contribution in [2.75, 3.05) is 34.2 Å². The van der Waals surface area contributed by atoms with Gasteiger partial charge in [-0.3, -0.25) is 19.9 Å². The monoisotopic (exact) mass is 255 g/mol.